The van der Waals surface area contributed by atoms with Gasteiger partial charge < -0.3 is 10.6 Å². The maximum Gasteiger partial charge on any atom is 0.191 e. The largest absolute Gasteiger partial charge is 0.355 e. The third-order valence-corrected chi connectivity index (χ3v) is 6.46. The second-order valence-electron chi connectivity index (χ2n) is 8.36. The van der Waals surface area contributed by atoms with E-state index < -0.39 is 0 Å². The minimum atomic E-state index is 0.297. The van der Waals surface area contributed by atoms with Crippen LogP contribution in [0.5, 0.6) is 0 Å². The second-order valence-corrected chi connectivity index (χ2v) is 8.36. The van der Waals surface area contributed by atoms with E-state index in [0.29, 0.717) is 12.1 Å². The van der Waals surface area contributed by atoms with E-state index in [1.54, 1.807) is 0 Å². The minimum Gasteiger partial charge on any atom is -0.355 e. The zero-order chi connectivity index (χ0) is 20.7. The summed E-state index contributed by atoms with van der Waals surface area (Å²) < 4.78 is 1.97. The summed E-state index contributed by atoms with van der Waals surface area (Å²) in [5, 5.41) is 11.7. The maximum atomic E-state index is 4.54. The van der Waals surface area contributed by atoms with Crippen LogP contribution < -0.4 is 10.6 Å². The highest BCUT2D eigenvalue weighted by molar-refractivity contribution is 5.80. The van der Waals surface area contributed by atoms with Gasteiger partial charge in [-0.25, -0.2) is 0 Å². The standard InChI is InChI=1S/C22H42N6/c1-8-19(9-2)21(28-12-10-11-13-28)15-24-22(23-6)25-16(3)14-20-17(4)26-27(7)18(20)5/h16,19,21H,8-15H2,1-7H3,(H2,23,24,25). The molecule has 0 radical (unpaired) electrons. The summed E-state index contributed by atoms with van der Waals surface area (Å²) >= 11 is 0. The van der Waals surface area contributed by atoms with Gasteiger partial charge in [0.2, 0.25) is 0 Å². The maximum absolute atomic E-state index is 4.54. The van der Waals surface area contributed by atoms with Gasteiger partial charge in [-0.3, -0.25) is 14.6 Å². The van der Waals surface area contributed by atoms with Gasteiger partial charge in [0, 0.05) is 38.4 Å². The molecular formula is C22H42N6. The average molecular weight is 391 g/mol. The molecule has 1 saturated heterocycles. The average Bonchev–Trinajstić information content (AvgIpc) is 3.28. The molecule has 1 aromatic rings. The highest BCUT2D eigenvalue weighted by atomic mass is 15.3. The van der Waals surface area contributed by atoms with Gasteiger partial charge in [0.1, 0.15) is 0 Å². The van der Waals surface area contributed by atoms with Gasteiger partial charge in [-0.05, 0) is 64.6 Å². The molecule has 160 valence electrons. The van der Waals surface area contributed by atoms with Crippen molar-refractivity contribution in [3.8, 4) is 0 Å². The lowest BCUT2D eigenvalue weighted by Crippen LogP contribution is -2.51. The van der Waals surface area contributed by atoms with Crippen LogP contribution in [0.3, 0.4) is 0 Å². The van der Waals surface area contributed by atoms with E-state index in [9.17, 15) is 0 Å². The molecular weight excluding hydrogens is 348 g/mol. The highest BCUT2D eigenvalue weighted by Gasteiger charge is 2.27. The molecule has 1 aliphatic rings. The first-order valence-corrected chi connectivity index (χ1v) is 11.1. The predicted octanol–water partition coefficient (Wildman–Crippen LogP) is 3.03. The summed E-state index contributed by atoms with van der Waals surface area (Å²) in [4.78, 5) is 7.17. The Morgan fingerprint density at radius 3 is 2.32 bits per heavy atom. The smallest absolute Gasteiger partial charge is 0.191 e. The van der Waals surface area contributed by atoms with Crippen molar-refractivity contribution in [1.82, 2.24) is 25.3 Å². The van der Waals surface area contributed by atoms with E-state index in [1.165, 1.54) is 50.0 Å². The number of hydrogen-bond donors (Lipinski definition) is 2. The van der Waals surface area contributed by atoms with Crippen molar-refractivity contribution < 1.29 is 0 Å². The zero-order valence-corrected chi connectivity index (χ0v) is 19.2. The van der Waals surface area contributed by atoms with Gasteiger partial charge in [0.05, 0.1) is 5.69 Å². The first-order valence-electron chi connectivity index (χ1n) is 11.1. The molecule has 2 atom stereocenters. The molecule has 2 N–H and O–H groups in total. The lowest BCUT2D eigenvalue weighted by Gasteiger charge is -2.34. The first-order chi connectivity index (χ1) is 13.4. The molecule has 0 bridgehead atoms. The number of hydrogen-bond acceptors (Lipinski definition) is 3. The fraction of sp³-hybridized carbons (Fsp3) is 0.818. The monoisotopic (exact) mass is 390 g/mol. The molecule has 28 heavy (non-hydrogen) atoms. The normalized spacial score (nSPS) is 17.9. The third-order valence-electron chi connectivity index (χ3n) is 6.46. The molecule has 2 rings (SSSR count). The summed E-state index contributed by atoms with van der Waals surface area (Å²) in [6, 6.07) is 0.889. The van der Waals surface area contributed by atoms with E-state index in [1.807, 2.05) is 18.8 Å². The molecule has 1 aliphatic heterocycles. The third kappa shape index (κ3) is 5.72. The number of nitrogens with one attached hydrogen (secondary N) is 2. The van der Waals surface area contributed by atoms with Gasteiger partial charge in [0.25, 0.3) is 0 Å². The fourth-order valence-electron chi connectivity index (χ4n) is 4.60. The molecule has 1 fully saturated rings. The number of aliphatic imine (C=N–C) groups is 1. The molecule has 6 nitrogen and oxygen atoms in total. The fourth-order valence-corrected chi connectivity index (χ4v) is 4.60. The van der Waals surface area contributed by atoms with Gasteiger partial charge >= 0.3 is 0 Å². The first kappa shape index (κ1) is 22.7. The van der Waals surface area contributed by atoms with Crippen molar-refractivity contribution in [2.45, 2.75) is 78.8 Å². The van der Waals surface area contributed by atoms with E-state index in [2.05, 4.69) is 60.2 Å². The summed E-state index contributed by atoms with van der Waals surface area (Å²) in [7, 11) is 3.88. The number of guanidine groups is 1. The molecule has 6 heteroatoms. The lowest BCUT2D eigenvalue weighted by atomic mass is 9.93. The Morgan fingerprint density at radius 2 is 1.82 bits per heavy atom. The van der Waals surface area contributed by atoms with Crippen LogP contribution >= 0.6 is 0 Å². The Balaban J connectivity index is 1.94. The van der Waals surface area contributed by atoms with Crippen molar-refractivity contribution in [3.63, 3.8) is 0 Å². The van der Waals surface area contributed by atoms with Crippen LogP contribution in [0, 0.1) is 19.8 Å². The summed E-state index contributed by atoms with van der Waals surface area (Å²) in [5.41, 5.74) is 3.71. The van der Waals surface area contributed by atoms with Crippen molar-refractivity contribution in [2.75, 3.05) is 26.7 Å². The summed E-state index contributed by atoms with van der Waals surface area (Å²) in [6.45, 7) is 14.6. The molecule has 2 unspecified atom stereocenters. The van der Waals surface area contributed by atoms with Crippen LogP contribution in [0.15, 0.2) is 4.99 Å². The van der Waals surface area contributed by atoms with Gasteiger partial charge in [-0.1, -0.05) is 26.7 Å². The van der Waals surface area contributed by atoms with Gasteiger partial charge in [-0.15, -0.1) is 0 Å². The number of aromatic nitrogens is 2. The summed E-state index contributed by atoms with van der Waals surface area (Å²) in [6.07, 6.45) is 6.10. The molecule has 0 aliphatic carbocycles. The highest BCUT2D eigenvalue weighted by Crippen LogP contribution is 2.22. The molecule has 0 spiro atoms. The van der Waals surface area contributed by atoms with Crippen molar-refractivity contribution in [2.24, 2.45) is 18.0 Å². The number of likely N-dealkylation sites (tertiary alicyclic amines) is 1. The second kappa shape index (κ2) is 10.8. The van der Waals surface area contributed by atoms with Crippen molar-refractivity contribution >= 4 is 5.96 Å². The van der Waals surface area contributed by atoms with Crippen LogP contribution in [0.4, 0.5) is 0 Å². The topological polar surface area (TPSA) is 57.5 Å². The Morgan fingerprint density at radius 1 is 1.18 bits per heavy atom. The Bertz CT molecular complexity index is 623. The molecule has 2 heterocycles. The SMILES string of the molecule is CCC(CC)C(CNC(=NC)NC(C)Cc1c(C)nn(C)c1C)N1CCCC1. The Labute approximate surface area is 172 Å². The Hall–Kier alpha value is -1.56. The van der Waals surface area contributed by atoms with Gasteiger partial charge in [-0.2, -0.15) is 5.10 Å². The molecule has 0 saturated carbocycles. The van der Waals surface area contributed by atoms with Crippen LogP contribution in [0.25, 0.3) is 0 Å². The van der Waals surface area contributed by atoms with Crippen LogP contribution in [0.2, 0.25) is 0 Å². The number of aryl methyl sites for hydroxylation is 2. The van der Waals surface area contributed by atoms with Crippen molar-refractivity contribution in [1.29, 1.82) is 0 Å². The molecule has 0 aromatic carbocycles. The van der Waals surface area contributed by atoms with E-state index in [0.717, 1.165) is 30.5 Å². The van der Waals surface area contributed by atoms with Gasteiger partial charge in [0.15, 0.2) is 5.96 Å². The molecule has 1 aromatic heterocycles. The lowest BCUT2D eigenvalue weighted by molar-refractivity contribution is 0.166. The number of nitrogens with zero attached hydrogens (tertiary/aromatic N) is 4. The van der Waals surface area contributed by atoms with Crippen LogP contribution in [-0.4, -0.2) is 59.4 Å². The van der Waals surface area contributed by atoms with E-state index >= 15 is 0 Å². The van der Waals surface area contributed by atoms with Crippen LogP contribution in [0.1, 0.15) is 63.4 Å². The van der Waals surface area contributed by atoms with E-state index in [-0.39, 0.29) is 0 Å². The number of rotatable bonds is 9. The molecule has 0 amide bonds. The zero-order valence-electron chi connectivity index (χ0n) is 19.2. The van der Waals surface area contributed by atoms with Crippen LogP contribution in [-0.2, 0) is 13.5 Å². The summed E-state index contributed by atoms with van der Waals surface area (Å²) in [5.74, 6) is 1.64. The Kier molecular flexibility index (Phi) is 8.80. The van der Waals surface area contributed by atoms with Crippen molar-refractivity contribution in [3.05, 3.63) is 17.0 Å². The predicted molar refractivity (Wildman–Crippen MR) is 119 cm³/mol. The quantitative estimate of drug-likeness (QED) is 0.503. The van der Waals surface area contributed by atoms with E-state index in [4.69, 9.17) is 0 Å². The minimum absolute atomic E-state index is 0.297.